The lowest BCUT2D eigenvalue weighted by Gasteiger charge is -2.20. The molecule has 0 saturated carbocycles. The second-order valence-corrected chi connectivity index (χ2v) is 6.72. The van der Waals surface area contributed by atoms with Crippen LogP contribution in [0.3, 0.4) is 0 Å². The molecule has 8 heteroatoms. The largest absolute Gasteiger partial charge is 0.383 e. The van der Waals surface area contributed by atoms with Crippen LogP contribution in [0.15, 0.2) is 47.2 Å². The Hall–Kier alpha value is -2.84. The normalized spacial score (nSPS) is 17.1. The summed E-state index contributed by atoms with van der Waals surface area (Å²) in [4.78, 5) is 15.9. The van der Waals surface area contributed by atoms with Crippen LogP contribution in [0.4, 0.5) is 5.82 Å². The van der Waals surface area contributed by atoms with E-state index in [0.717, 1.165) is 43.0 Å². The van der Waals surface area contributed by atoms with Crippen molar-refractivity contribution in [1.29, 1.82) is 0 Å². The maximum Gasteiger partial charge on any atom is 0.244 e. The van der Waals surface area contributed by atoms with Gasteiger partial charge in [-0.1, -0.05) is 11.2 Å². The van der Waals surface area contributed by atoms with Crippen LogP contribution < -0.4 is 5.32 Å². The van der Waals surface area contributed by atoms with Gasteiger partial charge in [0.05, 0.1) is 23.9 Å². The fraction of sp³-hybridized carbons (Fsp3) is 0.400. The van der Waals surface area contributed by atoms with Gasteiger partial charge in [0, 0.05) is 32.6 Å². The molecule has 146 valence electrons. The quantitative estimate of drug-likeness (QED) is 0.597. The van der Waals surface area contributed by atoms with Crippen LogP contribution in [0.5, 0.6) is 0 Å². The van der Waals surface area contributed by atoms with E-state index < -0.39 is 0 Å². The van der Waals surface area contributed by atoms with Gasteiger partial charge >= 0.3 is 0 Å². The van der Waals surface area contributed by atoms with Crippen molar-refractivity contribution < 1.29 is 9.26 Å². The first-order valence-electron chi connectivity index (χ1n) is 9.51. The van der Waals surface area contributed by atoms with Crippen LogP contribution in [-0.2, 0) is 11.3 Å². The predicted molar refractivity (Wildman–Crippen MR) is 105 cm³/mol. The van der Waals surface area contributed by atoms with E-state index in [1.807, 2.05) is 36.5 Å². The maximum absolute atomic E-state index is 5.65. The van der Waals surface area contributed by atoms with Gasteiger partial charge in [0.25, 0.3) is 0 Å². The molecule has 4 heterocycles. The van der Waals surface area contributed by atoms with E-state index in [9.17, 15) is 0 Å². The second kappa shape index (κ2) is 8.90. The third-order valence-corrected chi connectivity index (χ3v) is 4.83. The Bertz CT molecular complexity index is 885. The van der Waals surface area contributed by atoms with Crippen LogP contribution in [-0.4, -0.2) is 51.8 Å². The minimum Gasteiger partial charge on any atom is -0.383 e. The number of likely N-dealkylation sites (tertiary alicyclic amines) is 1. The molecule has 1 saturated heterocycles. The summed E-state index contributed by atoms with van der Waals surface area (Å²) in [5, 5.41) is 7.48. The highest BCUT2D eigenvalue weighted by molar-refractivity contribution is 5.69. The second-order valence-electron chi connectivity index (χ2n) is 6.72. The Morgan fingerprint density at radius 2 is 2.14 bits per heavy atom. The molecule has 0 aromatic carbocycles. The molecule has 1 aliphatic heterocycles. The standard InChI is InChI=1S/C20H24N6O2/c1-27-13-11-23-18-16(7-4-10-22-18)19-24-20(28-25-19)17-8-5-12-26(17)14-15-6-2-3-9-21-15/h2-4,6-7,9-10,17H,5,8,11-14H2,1H3,(H,22,23). The summed E-state index contributed by atoms with van der Waals surface area (Å²) in [6, 6.07) is 9.92. The molecule has 1 atom stereocenters. The molecule has 1 N–H and O–H groups in total. The third kappa shape index (κ3) is 4.18. The Morgan fingerprint density at radius 3 is 3.00 bits per heavy atom. The van der Waals surface area contributed by atoms with Crippen molar-refractivity contribution in [2.24, 2.45) is 0 Å². The van der Waals surface area contributed by atoms with E-state index in [1.54, 1.807) is 13.3 Å². The number of rotatable bonds is 8. The fourth-order valence-electron chi connectivity index (χ4n) is 3.47. The molecule has 28 heavy (non-hydrogen) atoms. The van der Waals surface area contributed by atoms with E-state index in [4.69, 9.17) is 14.2 Å². The van der Waals surface area contributed by atoms with Crippen LogP contribution >= 0.6 is 0 Å². The lowest BCUT2D eigenvalue weighted by molar-refractivity contribution is 0.199. The Labute approximate surface area is 164 Å². The molecule has 3 aromatic rings. The summed E-state index contributed by atoms with van der Waals surface area (Å²) in [6.07, 6.45) is 5.67. The smallest absolute Gasteiger partial charge is 0.244 e. The molecule has 1 aliphatic rings. The van der Waals surface area contributed by atoms with E-state index in [-0.39, 0.29) is 6.04 Å². The Balaban J connectivity index is 1.51. The van der Waals surface area contributed by atoms with Gasteiger partial charge in [-0.2, -0.15) is 4.98 Å². The highest BCUT2D eigenvalue weighted by Crippen LogP contribution is 2.33. The minimum absolute atomic E-state index is 0.116. The van der Waals surface area contributed by atoms with Crippen molar-refractivity contribution in [1.82, 2.24) is 25.0 Å². The predicted octanol–water partition coefficient (Wildman–Crippen LogP) is 2.92. The van der Waals surface area contributed by atoms with Gasteiger partial charge < -0.3 is 14.6 Å². The summed E-state index contributed by atoms with van der Waals surface area (Å²) < 4.78 is 10.7. The van der Waals surface area contributed by atoms with Crippen LogP contribution in [0.1, 0.15) is 30.5 Å². The van der Waals surface area contributed by atoms with Gasteiger partial charge in [-0.05, 0) is 43.7 Å². The maximum atomic E-state index is 5.65. The van der Waals surface area contributed by atoms with Crippen molar-refractivity contribution in [2.45, 2.75) is 25.4 Å². The van der Waals surface area contributed by atoms with E-state index >= 15 is 0 Å². The molecule has 1 fully saturated rings. The van der Waals surface area contributed by atoms with Gasteiger partial charge in [0.2, 0.25) is 11.7 Å². The monoisotopic (exact) mass is 380 g/mol. The first kappa shape index (κ1) is 18.5. The van der Waals surface area contributed by atoms with Crippen molar-refractivity contribution in [3.63, 3.8) is 0 Å². The molecule has 0 aliphatic carbocycles. The lowest BCUT2D eigenvalue weighted by atomic mass is 10.2. The molecule has 4 rings (SSSR count). The molecular formula is C20H24N6O2. The highest BCUT2D eigenvalue weighted by Gasteiger charge is 2.31. The molecule has 0 bridgehead atoms. The summed E-state index contributed by atoms with van der Waals surface area (Å²) in [7, 11) is 1.67. The Kier molecular flexibility index (Phi) is 5.89. The number of anilines is 1. The first-order chi connectivity index (χ1) is 13.8. The molecule has 3 aromatic heterocycles. The zero-order valence-electron chi connectivity index (χ0n) is 15.9. The zero-order valence-corrected chi connectivity index (χ0v) is 15.9. The molecular weight excluding hydrogens is 356 g/mol. The van der Waals surface area contributed by atoms with Crippen molar-refractivity contribution in [3.05, 3.63) is 54.3 Å². The molecule has 8 nitrogen and oxygen atoms in total. The average molecular weight is 380 g/mol. The molecule has 0 radical (unpaired) electrons. The number of pyridine rings is 2. The van der Waals surface area contributed by atoms with E-state index in [1.165, 1.54) is 0 Å². The van der Waals surface area contributed by atoms with Crippen LogP contribution in [0.2, 0.25) is 0 Å². The van der Waals surface area contributed by atoms with Crippen molar-refractivity contribution >= 4 is 5.82 Å². The SMILES string of the molecule is COCCNc1ncccc1-c1noc(C2CCCN2Cc2ccccn2)n1. The van der Waals surface area contributed by atoms with Crippen LogP contribution in [0.25, 0.3) is 11.4 Å². The number of nitrogens with zero attached hydrogens (tertiary/aromatic N) is 5. The van der Waals surface area contributed by atoms with E-state index in [2.05, 4.69) is 25.3 Å². The molecule has 1 unspecified atom stereocenters. The van der Waals surface area contributed by atoms with Gasteiger partial charge in [-0.3, -0.25) is 9.88 Å². The Morgan fingerprint density at radius 1 is 1.21 bits per heavy atom. The first-order valence-corrected chi connectivity index (χ1v) is 9.51. The third-order valence-electron chi connectivity index (χ3n) is 4.83. The number of hydrogen-bond acceptors (Lipinski definition) is 8. The number of hydrogen-bond donors (Lipinski definition) is 1. The number of aromatic nitrogens is 4. The van der Waals surface area contributed by atoms with E-state index in [0.29, 0.717) is 24.9 Å². The zero-order chi connectivity index (χ0) is 19.2. The number of nitrogens with one attached hydrogen (secondary N) is 1. The van der Waals surface area contributed by atoms with Crippen molar-refractivity contribution in [2.75, 3.05) is 32.1 Å². The highest BCUT2D eigenvalue weighted by atomic mass is 16.5. The van der Waals surface area contributed by atoms with Gasteiger partial charge in [-0.15, -0.1) is 0 Å². The minimum atomic E-state index is 0.116. The van der Waals surface area contributed by atoms with Crippen LogP contribution in [0, 0.1) is 0 Å². The molecule has 0 amide bonds. The van der Waals surface area contributed by atoms with Gasteiger partial charge in [0.1, 0.15) is 5.82 Å². The van der Waals surface area contributed by atoms with Gasteiger partial charge in [-0.25, -0.2) is 4.98 Å². The summed E-state index contributed by atoms with van der Waals surface area (Å²) in [5.74, 6) is 1.92. The fourth-order valence-corrected chi connectivity index (χ4v) is 3.47. The summed E-state index contributed by atoms with van der Waals surface area (Å²) in [6.45, 7) is 3.03. The summed E-state index contributed by atoms with van der Waals surface area (Å²) >= 11 is 0. The lowest BCUT2D eigenvalue weighted by Crippen LogP contribution is -2.23. The topological polar surface area (TPSA) is 89.2 Å². The van der Waals surface area contributed by atoms with Gasteiger partial charge in [0.15, 0.2) is 0 Å². The average Bonchev–Trinajstić information content (AvgIpc) is 3.39. The number of ether oxygens (including phenoxy) is 1. The molecule has 0 spiro atoms. The summed E-state index contributed by atoms with van der Waals surface area (Å²) in [5.41, 5.74) is 1.87. The number of methoxy groups -OCH3 is 1. The van der Waals surface area contributed by atoms with Crippen molar-refractivity contribution in [3.8, 4) is 11.4 Å².